The maximum atomic E-state index is 13.0. The number of rotatable bonds is 4. The van der Waals surface area contributed by atoms with Gasteiger partial charge in [-0.2, -0.15) is 0 Å². The number of hydrogen-bond donors (Lipinski definition) is 1. The van der Waals surface area contributed by atoms with E-state index in [2.05, 4.69) is 10.3 Å². The minimum atomic E-state index is -0.347. The second-order valence-electron chi connectivity index (χ2n) is 4.09. The van der Waals surface area contributed by atoms with Gasteiger partial charge in [-0.05, 0) is 36.8 Å². The highest BCUT2D eigenvalue weighted by Gasteiger charge is 2.12. The molecule has 5 heteroatoms. The van der Waals surface area contributed by atoms with Crippen molar-refractivity contribution in [2.24, 2.45) is 0 Å². The Bertz CT molecular complexity index is 577. The van der Waals surface area contributed by atoms with Gasteiger partial charge in [-0.3, -0.25) is 0 Å². The average molecular weight is 281 g/mol. The van der Waals surface area contributed by atoms with Crippen LogP contribution in [0, 0.1) is 5.82 Å². The van der Waals surface area contributed by atoms with E-state index in [1.165, 1.54) is 12.1 Å². The van der Waals surface area contributed by atoms with E-state index in [0.717, 1.165) is 11.3 Å². The number of benzene rings is 1. The fraction of sp³-hybridized carbons (Fsp3) is 0.214. The Morgan fingerprint density at radius 2 is 2.16 bits per heavy atom. The Kier molecular flexibility index (Phi) is 4.22. The molecule has 1 heterocycles. The first-order chi connectivity index (χ1) is 9.11. The Labute approximate surface area is 116 Å². The molecule has 0 spiro atoms. The van der Waals surface area contributed by atoms with Crippen LogP contribution in [0.3, 0.4) is 0 Å². The van der Waals surface area contributed by atoms with Crippen LogP contribution in [0.1, 0.15) is 18.5 Å². The van der Waals surface area contributed by atoms with Crippen LogP contribution in [0.25, 0.3) is 0 Å². The standard InChI is InChI=1S/C14H14ClFN2O/c1-9(11-6-5-10(16)8-12(11)15)18-13-4-3-7-17-14(13)19-2/h3-9,18H,1-2H3. The number of halogens is 2. The molecule has 3 nitrogen and oxygen atoms in total. The molecule has 0 radical (unpaired) electrons. The van der Waals surface area contributed by atoms with E-state index in [0.29, 0.717) is 10.9 Å². The SMILES string of the molecule is COc1ncccc1NC(C)c1ccc(F)cc1Cl. The quantitative estimate of drug-likeness (QED) is 0.917. The van der Waals surface area contributed by atoms with Gasteiger partial charge in [-0.15, -0.1) is 0 Å². The number of pyridine rings is 1. The zero-order chi connectivity index (χ0) is 13.8. The average Bonchev–Trinajstić information content (AvgIpc) is 2.39. The zero-order valence-corrected chi connectivity index (χ0v) is 11.4. The van der Waals surface area contributed by atoms with E-state index in [9.17, 15) is 4.39 Å². The lowest BCUT2D eigenvalue weighted by molar-refractivity contribution is 0.399. The molecule has 0 aliphatic heterocycles. The maximum absolute atomic E-state index is 13.0. The normalized spacial score (nSPS) is 12.0. The first-order valence-electron chi connectivity index (χ1n) is 5.82. The zero-order valence-electron chi connectivity index (χ0n) is 10.7. The number of aromatic nitrogens is 1. The monoisotopic (exact) mass is 280 g/mol. The van der Waals surface area contributed by atoms with Crippen molar-refractivity contribution in [1.82, 2.24) is 4.98 Å². The van der Waals surface area contributed by atoms with E-state index >= 15 is 0 Å². The van der Waals surface area contributed by atoms with Crippen LogP contribution < -0.4 is 10.1 Å². The van der Waals surface area contributed by atoms with Gasteiger partial charge in [0.25, 0.3) is 0 Å². The lowest BCUT2D eigenvalue weighted by atomic mass is 10.1. The summed E-state index contributed by atoms with van der Waals surface area (Å²) in [7, 11) is 1.56. The molecule has 0 saturated carbocycles. The third kappa shape index (κ3) is 3.15. The minimum absolute atomic E-state index is 0.0915. The van der Waals surface area contributed by atoms with Gasteiger partial charge in [0.2, 0.25) is 5.88 Å². The molecule has 0 aliphatic rings. The highest BCUT2D eigenvalue weighted by atomic mass is 35.5. The number of hydrogen-bond acceptors (Lipinski definition) is 3. The molecule has 0 saturated heterocycles. The Morgan fingerprint density at radius 1 is 1.37 bits per heavy atom. The van der Waals surface area contributed by atoms with Crippen molar-refractivity contribution in [2.75, 3.05) is 12.4 Å². The fourth-order valence-corrected chi connectivity index (χ4v) is 2.16. The van der Waals surface area contributed by atoms with Crippen molar-refractivity contribution in [2.45, 2.75) is 13.0 Å². The predicted molar refractivity (Wildman–Crippen MR) is 74.2 cm³/mol. The third-order valence-electron chi connectivity index (χ3n) is 2.77. The summed E-state index contributed by atoms with van der Waals surface area (Å²) in [5, 5.41) is 3.64. The number of anilines is 1. The fourth-order valence-electron chi connectivity index (χ4n) is 1.83. The first kappa shape index (κ1) is 13.6. The van der Waals surface area contributed by atoms with Crippen molar-refractivity contribution in [3.63, 3.8) is 0 Å². The molecule has 1 N–H and O–H groups in total. The number of nitrogens with zero attached hydrogens (tertiary/aromatic N) is 1. The van der Waals surface area contributed by atoms with Crippen LogP contribution in [0.15, 0.2) is 36.5 Å². The molecule has 100 valence electrons. The minimum Gasteiger partial charge on any atom is -0.480 e. The summed E-state index contributed by atoms with van der Waals surface area (Å²) in [6.07, 6.45) is 1.65. The third-order valence-corrected chi connectivity index (χ3v) is 3.09. The summed E-state index contributed by atoms with van der Waals surface area (Å²) < 4.78 is 18.2. The molecule has 1 aromatic heterocycles. The van der Waals surface area contributed by atoms with Gasteiger partial charge < -0.3 is 10.1 Å². The van der Waals surface area contributed by atoms with Gasteiger partial charge in [0.05, 0.1) is 18.8 Å². The van der Waals surface area contributed by atoms with E-state index in [-0.39, 0.29) is 11.9 Å². The lowest BCUT2D eigenvalue weighted by Gasteiger charge is -2.18. The number of ether oxygens (including phenoxy) is 1. The molecule has 0 aliphatic carbocycles. The molecular weight excluding hydrogens is 267 g/mol. The van der Waals surface area contributed by atoms with Crippen LogP contribution in [0.4, 0.5) is 10.1 Å². The van der Waals surface area contributed by atoms with Gasteiger partial charge in [0.1, 0.15) is 5.82 Å². The summed E-state index contributed by atoms with van der Waals surface area (Å²) in [4.78, 5) is 4.10. The first-order valence-corrected chi connectivity index (χ1v) is 6.20. The van der Waals surface area contributed by atoms with Crippen LogP contribution >= 0.6 is 11.6 Å². The van der Waals surface area contributed by atoms with Crippen LogP contribution in [0.2, 0.25) is 5.02 Å². The molecule has 2 rings (SSSR count). The molecule has 19 heavy (non-hydrogen) atoms. The summed E-state index contributed by atoms with van der Waals surface area (Å²) in [5.74, 6) is 0.160. The van der Waals surface area contributed by atoms with Crippen molar-refractivity contribution in [3.8, 4) is 5.88 Å². The van der Waals surface area contributed by atoms with Gasteiger partial charge in [0, 0.05) is 11.2 Å². The molecule has 1 aromatic carbocycles. The summed E-state index contributed by atoms with van der Waals surface area (Å²) in [6.45, 7) is 1.94. The Hall–Kier alpha value is -1.81. The molecule has 0 bridgehead atoms. The molecule has 1 atom stereocenters. The second kappa shape index (κ2) is 5.89. The predicted octanol–water partition coefficient (Wildman–Crippen LogP) is 4.06. The molecule has 2 aromatic rings. The molecular formula is C14H14ClFN2O. The highest BCUT2D eigenvalue weighted by Crippen LogP contribution is 2.29. The second-order valence-corrected chi connectivity index (χ2v) is 4.50. The van der Waals surface area contributed by atoms with Crippen molar-refractivity contribution in [1.29, 1.82) is 0 Å². The van der Waals surface area contributed by atoms with Crippen LogP contribution in [-0.4, -0.2) is 12.1 Å². The van der Waals surface area contributed by atoms with E-state index in [4.69, 9.17) is 16.3 Å². The summed E-state index contributed by atoms with van der Waals surface area (Å²) >= 11 is 6.04. The smallest absolute Gasteiger partial charge is 0.237 e. The summed E-state index contributed by atoms with van der Waals surface area (Å²) in [6, 6.07) is 7.93. The van der Waals surface area contributed by atoms with Crippen LogP contribution in [0.5, 0.6) is 5.88 Å². The van der Waals surface area contributed by atoms with E-state index in [1.807, 2.05) is 19.1 Å². The summed E-state index contributed by atoms with van der Waals surface area (Å²) in [5.41, 5.74) is 1.58. The van der Waals surface area contributed by atoms with E-state index < -0.39 is 0 Å². The van der Waals surface area contributed by atoms with Crippen molar-refractivity contribution in [3.05, 3.63) is 52.9 Å². The van der Waals surface area contributed by atoms with E-state index in [1.54, 1.807) is 19.4 Å². The van der Waals surface area contributed by atoms with Crippen molar-refractivity contribution >= 4 is 17.3 Å². The topological polar surface area (TPSA) is 34.1 Å². The Balaban J connectivity index is 2.23. The van der Waals surface area contributed by atoms with Gasteiger partial charge in [0.15, 0.2) is 0 Å². The molecule has 0 amide bonds. The largest absolute Gasteiger partial charge is 0.480 e. The number of methoxy groups -OCH3 is 1. The lowest BCUT2D eigenvalue weighted by Crippen LogP contribution is -2.08. The highest BCUT2D eigenvalue weighted by molar-refractivity contribution is 6.31. The number of nitrogens with one attached hydrogen (secondary N) is 1. The molecule has 1 unspecified atom stereocenters. The van der Waals surface area contributed by atoms with Gasteiger partial charge in [-0.25, -0.2) is 9.37 Å². The van der Waals surface area contributed by atoms with Crippen LogP contribution in [-0.2, 0) is 0 Å². The van der Waals surface area contributed by atoms with Gasteiger partial charge in [-0.1, -0.05) is 17.7 Å². The Morgan fingerprint density at radius 3 is 2.84 bits per heavy atom. The van der Waals surface area contributed by atoms with Crippen molar-refractivity contribution < 1.29 is 9.13 Å². The van der Waals surface area contributed by atoms with Gasteiger partial charge >= 0.3 is 0 Å². The molecule has 0 fully saturated rings. The maximum Gasteiger partial charge on any atom is 0.237 e.